The fraction of sp³-hybridized carbons (Fsp3) is 0.647. The summed E-state index contributed by atoms with van der Waals surface area (Å²) in [7, 11) is 0. The largest absolute Gasteiger partial charge is 0.393 e. The van der Waals surface area contributed by atoms with Crippen LogP contribution in [0, 0.1) is 5.41 Å². The Hall–Kier alpha value is -0.470. The van der Waals surface area contributed by atoms with Crippen LogP contribution in [0.5, 0.6) is 0 Å². The molecule has 2 atom stereocenters. The van der Waals surface area contributed by atoms with Crippen molar-refractivity contribution < 1.29 is 5.11 Å². The fourth-order valence-corrected chi connectivity index (χ4v) is 4.33. The normalized spacial score (nSPS) is 25.4. The second kappa shape index (κ2) is 5.88. The Bertz CT molecular complexity index is 406. The second-order valence-electron chi connectivity index (χ2n) is 5.98. The third kappa shape index (κ3) is 2.71. The molecule has 1 fully saturated rings. The summed E-state index contributed by atoms with van der Waals surface area (Å²) in [6, 6.07) is 9.00. The minimum Gasteiger partial charge on any atom is -0.393 e. The number of hydrogen-bond acceptors (Lipinski definition) is 2. The van der Waals surface area contributed by atoms with E-state index in [1.807, 2.05) is 11.8 Å². The van der Waals surface area contributed by atoms with Gasteiger partial charge in [-0.15, -0.1) is 11.8 Å². The van der Waals surface area contributed by atoms with Crippen LogP contribution in [0.4, 0.5) is 0 Å². The summed E-state index contributed by atoms with van der Waals surface area (Å²) in [5, 5.41) is 10.8. The van der Waals surface area contributed by atoms with Gasteiger partial charge in [0.1, 0.15) is 0 Å². The first kappa shape index (κ1) is 14.9. The Morgan fingerprint density at radius 1 is 1.21 bits per heavy atom. The lowest BCUT2D eigenvalue weighted by Crippen LogP contribution is -2.50. The molecule has 2 heteroatoms. The molecule has 1 aromatic carbocycles. The minimum atomic E-state index is -0.114. The highest BCUT2D eigenvalue weighted by Crippen LogP contribution is 2.57. The van der Waals surface area contributed by atoms with Crippen molar-refractivity contribution in [1.29, 1.82) is 0 Å². The summed E-state index contributed by atoms with van der Waals surface area (Å²) in [5.41, 5.74) is 1.52. The molecule has 0 saturated heterocycles. The number of aliphatic hydroxyl groups excluding tert-OH is 1. The topological polar surface area (TPSA) is 20.2 Å². The lowest BCUT2D eigenvalue weighted by atomic mass is 9.53. The van der Waals surface area contributed by atoms with E-state index in [2.05, 4.69) is 52.0 Å². The van der Waals surface area contributed by atoms with E-state index in [0.717, 1.165) is 19.3 Å². The van der Waals surface area contributed by atoms with E-state index in [0.29, 0.717) is 11.2 Å². The van der Waals surface area contributed by atoms with Crippen LogP contribution in [0.1, 0.15) is 58.4 Å². The maximum atomic E-state index is 10.2. The zero-order valence-electron chi connectivity index (χ0n) is 12.5. The van der Waals surface area contributed by atoms with Crippen molar-refractivity contribution in [1.82, 2.24) is 0 Å². The summed E-state index contributed by atoms with van der Waals surface area (Å²) in [5.74, 6) is 0.538. The maximum Gasteiger partial charge on any atom is 0.0608 e. The highest BCUT2D eigenvalue weighted by atomic mass is 32.2. The smallest absolute Gasteiger partial charge is 0.0608 e. The standard InChI is InChI=1S/C17H26OS/c1-5-17(6-2)15(11-16(17)18)13-7-9-14(10-8-13)19-12(3)4/h7-10,12,15-16,18H,5-6,11H2,1-4H3. The third-order valence-electron chi connectivity index (χ3n) is 4.79. The zero-order valence-corrected chi connectivity index (χ0v) is 13.3. The van der Waals surface area contributed by atoms with E-state index in [-0.39, 0.29) is 11.5 Å². The summed E-state index contributed by atoms with van der Waals surface area (Å²) < 4.78 is 0. The van der Waals surface area contributed by atoms with Gasteiger partial charge >= 0.3 is 0 Å². The lowest BCUT2D eigenvalue weighted by Gasteiger charge is -2.54. The Kier molecular flexibility index (Phi) is 4.62. The average Bonchev–Trinajstić information content (AvgIpc) is 2.38. The molecule has 1 N–H and O–H groups in total. The van der Waals surface area contributed by atoms with Crippen LogP contribution in [0.15, 0.2) is 29.2 Å². The summed E-state index contributed by atoms with van der Waals surface area (Å²) >= 11 is 1.91. The Morgan fingerprint density at radius 2 is 1.79 bits per heavy atom. The van der Waals surface area contributed by atoms with Gasteiger partial charge in [0.2, 0.25) is 0 Å². The predicted molar refractivity (Wildman–Crippen MR) is 83.8 cm³/mol. The maximum absolute atomic E-state index is 10.2. The van der Waals surface area contributed by atoms with Crippen molar-refractivity contribution in [3.8, 4) is 0 Å². The van der Waals surface area contributed by atoms with Crippen LogP contribution in [0.25, 0.3) is 0 Å². The Morgan fingerprint density at radius 3 is 2.21 bits per heavy atom. The number of benzene rings is 1. The second-order valence-corrected chi connectivity index (χ2v) is 7.63. The van der Waals surface area contributed by atoms with Gasteiger partial charge in [0.25, 0.3) is 0 Å². The predicted octanol–water partition coefficient (Wildman–Crippen LogP) is 4.84. The van der Waals surface area contributed by atoms with Crippen molar-refractivity contribution in [2.75, 3.05) is 0 Å². The summed E-state index contributed by atoms with van der Waals surface area (Å²) in [6.07, 6.45) is 2.95. The zero-order chi connectivity index (χ0) is 14.0. The third-order valence-corrected chi connectivity index (χ3v) is 5.80. The molecule has 0 heterocycles. The van der Waals surface area contributed by atoms with E-state index in [1.165, 1.54) is 10.5 Å². The van der Waals surface area contributed by atoms with Gasteiger partial charge in [-0.2, -0.15) is 0 Å². The van der Waals surface area contributed by atoms with Crippen molar-refractivity contribution >= 4 is 11.8 Å². The lowest BCUT2D eigenvalue weighted by molar-refractivity contribution is -0.0932. The van der Waals surface area contributed by atoms with Crippen LogP contribution in [0.3, 0.4) is 0 Å². The minimum absolute atomic E-state index is 0.114. The molecule has 1 aliphatic rings. The molecule has 19 heavy (non-hydrogen) atoms. The fourth-order valence-electron chi connectivity index (χ4n) is 3.50. The van der Waals surface area contributed by atoms with Gasteiger partial charge < -0.3 is 5.11 Å². The molecule has 2 rings (SSSR count). The SMILES string of the molecule is CCC1(CC)C(O)CC1c1ccc(SC(C)C)cc1. The first-order valence-electron chi connectivity index (χ1n) is 7.48. The van der Waals surface area contributed by atoms with Crippen LogP contribution in [-0.2, 0) is 0 Å². The number of aliphatic hydroxyl groups is 1. The molecule has 0 amide bonds. The molecule has 1 aliphatic carbocycles. The van der Waals surface area contributed by atoms with Gasteiger partial charge in [0.15, 0.2) is 0 Å². The van der Waals surface area contributed by atoms with Crippen molar-refractivity contribution in [3.05, 3.63) is 29.8 Å². The molecule has 1 saturated carbocycles. The molecular weight excluding hydrogens is 252 g/mol. The van der Waals surface area contributed by atoms with Crippen molar-refractivity contribution in [3.63, 3.8) is 0 Å². The van der Waals surface area contributed by atoms with Crippen LogP contribution < -0.4 is 0 Å². The van der Waals surface area contributed by atoms with E-state index in [1.54, 1.807) is 0 Å². The molecule has 0 radical (unpaired) electrons. The molecule has 0 aliphatic heterocycles. The van der Waals surface area contributed by atoms with Gasteiger partial charge in [-0.05, 0) is 42.9 Å². The Balaban J connectivity index is 2.15. The molecule has 1 nitrogen and oxygen atoms in total. The van der Waals surface area contributed by atoms with Crippen molar-refractivity contribution in [2.24, 2.45) is 5.41 Å². The van der Waals surface area contributed by atoms with Crippen molar-refractivity contribution in [2.45, 2.75) is 69.1 Å². The first-order valence-corrected chi connectivity index (χ1v) is 8.36. The van der Waals surface area contributed by atoms with E-state index in [9.17, 15) is 5.11 Å². The molecule has 0 bridgehead atoms. The highest BCUT2D eigenvalue weighted by Gasteiger charge is 2.52. The monoisotopic (exact) mass is 278 g/mol. The van der Waals surface area contributed by atoms with E-state index in [4.69, 9.17) is 0 Å². The molecule has 1 aromatic rings. The molecule has 0 aromatic heterocycles. The van der Waals surface area contributed by atoms with Crippen LogP contribution in [-0.4, -0.2) is 16.5 Å². The summed E-state index contributed by atoms with van der Waals surface area (Å²) in [6.45, 7) is 8.86. The molecule has 106 valence electrons. The van der Waals surface area contributed by atoms with Crippen LogP contribution in [0.2, 0.25) is 0 Å². The van der Waals surface area contributed by atoms with Crippen LogP contribution >= 0.6 is 11.8 Å². The van der Waals surface area contributed by atoms with Gasteiger partial charge in [-0.3, -0.25) is 0 Å². The number of hydrogen-bond donors (Lipinski definition) is 1. The van der Waals surface area contributed by atoms with Gasteiger partial charge in [-0.1, -0.05) is 39.8 Å². The molecular formula is C17H26OS. The number of rotatable bonds is 5. The number of thioether (sulfide) groups is 1. The first-order chi connectivity index (χ1) is 9.03. The molecule has 0 spiro atoms. The summed E-state index contributed by atoms with van der Waals surface area (Å²) in [4.78, 5) is 1.34. The average molecular weight is 278 g/mol. The van der Waals surface area contributed by atoms with Gasteiger partial charge in [0, 0.05) is 15.6 Å². The van der Waals surface area contributed by atoms with Gasteiger partial charge in [-0.25, -0.2) is 0 Å². The quantitative estimate of drug-likeness (QED) is 0.778. The molecule has 2 unspecified atom stereocenters. The van der Waals surface area contributed by atoms with Gasteiger partial charge in [0.05, 0.1) is 6.10 Å². The van der Waals surface area contributed by atoms with E-state index >= 15 is 0 Å². The van der Waals surface area contributed by atoms with E-state index < -0.39 is 0 Å². The highest BCUT2D eigenvalue weighted by molar-refractivity contribution is 7.99. The Labute approximate surface area is 121 Å².